The van der Waals surface area contributed by atoms with Crippen molar-refractivity contribution in [3.8, 4) is 5.69 Å². The zero-order chi connectivity index (χ0) is 17.6. The summed E-state index contributed by atoms with van der Waals surface area (Å²) < 4.78 is 41.8. The summed E-state index contributed by atoms with van der Waals surface area (Å²) in [4.78, 5) is 0. The van der Waals surface area contributed by atoms with Crippen molar-refractivity contribution in [2.45, 2.75) is 44.2 Å². The van der Waals surface area contributed by atoms with Gasteiger partial charge in [0.2, 0.25) is 0 Å². The minimum Gasteiger partial charge on any atom is -0.282 e. The Bertz CT molecular complexity index is 817. The van der Waals surface area contributed by atoms with Gasteiger partial charge in [-0.05, 0) is 49.4 Å². The highest BCUT2D eigenvalue weighted by atomic mass is 79.9. The minimum atomic E-state index is -4.09. The first kappa shape index (κ1) is 16.8. The molecule has 0 spiro atoms. The second-order valence-electron chi connectivity index (χ2n) is 6.71. The second-order valence-corrected chi connectivity index (χ2v) is 7.63. The van der Waals surface area contributed by atoms with E-state index in [0.29, 0.717) is 19.3 Å². The molecule has 2 aliphatic rings. The number of fused-ring (bicyclic) bond motifs is 3. The third-order valence-electron chi connectivity index (χ3n) is 5.14. The van der Waals surface area contributed by atoms with Crippen LogP contribution in [-0.2, 0) is 6.42 Å². The molecular formula is C18H17BrF3N3. The number of rotatable bonds is 1. The molecule has 2 aromatic rings. The Balaban J connectivity index is 1.68. The summed E-state index contributed by atoms with van der Waals surface area (Å²) in [5, 5.41) is 8.67. The molecule has 1 aromatic carbocycles. The van der Waals surface area contributed by atoms with Crippen molar-refractivity contribution in [1.82, 2.24) is 14.8 Å². The summed E-state index contributed by atoms with van der Waals surface area (Å²) >= 11 is 3.49. The van der Waals surface area contributed by atoms with Crippen molar-refractivity contribution in [3.63, 3.8) is 0 Å². The minimum absolute atomic E-state index is 0.0226. The SMILES string of the molecule is FC(F)(F)C1CCC(c2nnc3n2-c2ccc(Br)cc2C=CC3)CC1. The van der Waals surface area contributed by atoms with E-state index in [9.17, 15) is 13.2 Å². The highest BCUT2D eigenvalue weighted by Gasteiger charge is 2.42. The Morgan fingerprint density at radius 1 is 1.08 bits per heavy atom. The molecule has 0 N–H and O–H groups in total. The summed E-state index contributed by atoms with van der Waals surface area (Å²) in [6.45, 7) is 0. The van der Waals surface area contributed by atoms with Crippen LogP contribution in [0.25, 0.3) is 11.8 Å². The molecule has 0 unspecified atom stereocenters. The van der Waals surface area contributed by atoms with Gasteiger partial charge in [-0.15, -0.1) is 10.2 Å². The van der Waals surface area contributed by atoms with E-state index in [1.54, 1.807) is 0 Å². The quantitative estimate of drug-likeness (QED) is 0.625. The van der Waals surface area contributed by atoms with E-state index in [1.807, 2.05) is 28.8 Å². The fourth-order valence-electron chi connectivity index (χ4n) is 3.82. The summed E-state index contributed by atoms with van der Waals surface area (Å²) in [6.07, 6.45) is 2.02. The molecule has 0 saturated heterocycles. The van der Waals surface area contributed by atoms with E-state index in [2.05, 4.69) is 32.2 Å². The zero-order valence-corrected chi connectivity index (χ0v) is 15.0. The molecule has 25 heavy (non-hydrogen) atoms. The monoisotopic (exact) mass is 411 g/mol. The predicted octanol–water partition coefficient (Wildman–Crippen LogP) is 5.44. The Kier molecular flexibility index (Phi) is 4.22. The van der Waals surface area contributed by atoms with E-state index in [-0.39, 0.29) is 18.8 Å². The number of hydrogen-bond acceptors (Lipinski definition) is 2. The maximum Gasteiger partial charge on any atom is 0.391 e. The number of hydrogen-bond donors (Lipinski definition) is 0. The molecule has 0 radical (unpaired) electrons. The predicted molar refractivity (Wildman–Crippen MR) is 92.6 cm³/mol. The molecule has 2 heterocycles. The fourth-order valence-corrected chi connectivity index (χ4v) is 4.20. The number of aromatic nitrogens is 3. The van der Waals surface area contributed by atoms with Gasteiger partial charge in [0.25, 0.3) is 0 Å². The van der Waals surface area contributed by atoms with Crippen molar-refractivity contribution in [1.29, 1.82) is 0 Å². The molecule has 7 heteroatoms. The maximum absolute atomic E-state index is 12.9. The molecule has 0 bridgehead atoms. The molecule has 1 aliphatic carbocycles. The number of nitrogens with zero attached hydrogens (tertiary/aromatic N) is 3. The number of allylic oxidation sites excluding steroid dienone is 1. The molecule has 0 atom stereocenters. The van der Waals surface area contributed by atoms with Crippen molar-refractivity contribution in [3.05, 3.63) is 46.0 Å². The molecule has 1 fully saturated rings. The van der Waals surface area contributed by atoms with Gasteiger partial charge in [0.15, 0.2) is 0 Å². The van der Waals surface area contributed by atoms with E-state index in [4.69, 9.17) is 0 Å². The molecule has 1 saturated carbocycles. The fraction of sp³-hybridized carbons (Fsp3) is 0.444. The third-order valence-corrected chi connectivity index (χ3v) is 5.63. The van der Waals surface area contributed by atoms with Gasteiger partial charge >= 0.3 is 6.18 Å². The summed E-state index contributed by atoms with van der Waals surface area (Å²) in [6, 6.07) is 6.00. The van der Waals surface area contributed by atoms with Gasteiger partial charge in [0, 0.05) is 16.8 Å². The zero-order valence-electron chi connectivity index (χ0n) is 13.4. The average molecular weight is 412 g/mol. The van der Waals surface area contributed by atoms with Crippen LogP contribution in [0.1, 0.15) is 48.8 Å². The van der Waals surface area contributed by atoms with Gasteiger partial charge < -0.3 is 0 Å². The first-order valence-corrected chi connectivity index (χ1v) is 9.20. The van der Waals surface area contributed by atoms with Crippen LogP contribution in [0, 0.1) is 5.92 Å². The Labute approximate surface area is 152 Å². The van der Waals surface area contributed by atoms with Crippen LogP contribution in [0.5, 0.6) is 0 Å². The van der Waals surface area contributed by atoms with Gasteiger partial charge in [-0.1, -0.05) is 28.1 Å². The molecule has 1 aromatic heterocycles. The number of benzene rings is 1. The van der Waals surface area contributed by atoms with Gasteiger partial charge in [-0.25, -0.2) is 0 Å². The normalized spacial score (nSPS) is 23.0. The molecule has 0 amide bonds. The van der Waals surface area contributed by atoms with Gasteiger partial charge in [0.1, 0.15) is 11.6 Å². The first-order valence-electron chi connectivity index (χ1n) is 8.41. The van der Waals surface area contributed by atoms with Crippen LogP contribution in [0.4, 0.5) is 13.2 Å². The third kappa shape index (κ3) is 3.14. The van der Waals surface area contributed by atoms with Crippen LogP contribution >= 0.6 is 15.9 Å². The Morgan fingerprint density at radius 2 is 1.84 bits per heavy atom. The molecule has 1 aliphatic heterocycles. The van der Waals surface area contributed by atoms with Crippen LogP contribution in [-0.4, -0.2) is 20.9 Å². The van der Waals surface area contributed by atoms with E-state index >= 15 is 0 Å². The smallest absolute Gasteiger partial charge is 0.282 e. The largest absolute Gasteiger partial charge is 0.391 e. The van der Waals surface area contributed by atoms with Gasteiger partial charge in [0.05, 0.1) is 11.6 Å². The van der Waals surface area contributed by atoms with Crippen LogP contribution < -0.4 is 0 Å². The lowest BCUT2D eigenvalue weighted by Gasteiger charge is -2.29. The average Bonchev–Trinajstić information content (AvgIpc) is 2.90. The lowest BCUT2D eigenvalue weighted by molar-refractivity contribution is -0.182. The lowest BCUT2D eigenvalue weighted by Crippen LogP contribution is -2.28. The first-order chi connectivity index (χ1) is 11.9. The standard InChI is InChI=1S/C18H17BrF3N3/c19-14-8-9-15-12(10-14)2-1-3-16-23-24-17(25(15)16)11-4-6-13(7-5-11)18(20,21)22/h1-2,8-11,13H,3-7H2. The molecular weight excluding hydrogens is 395 g/mol. The summed E-state index contributed by atoms with van der Waals surface area (Å²) in [5.74, 6) is 0.475. The van der Waals surface area contributed by atoms with Gasteiger partial charge in [-0.2, -0.15) is 13.2 Å². The second kappa shape index (κ2) is 6.27. The van der Waals surface area contributed by atoms with Crippen molar-refractivity contribution in [2.24, 2.45) is 5.92 Å². The van der Waals surface area contributed by atoms with Crippen molar-refractivity contribution < 1.29 is 13.2 Å². The van der Waals surface area contributed by atoms with Crippen molar-refractivity contribution >= 4 is 22.0 Å². The topological polar surface area (TPSA) is 30.7 Å². The van der Waals surface area contributed by atoms with Crippen LogP contribution in [0.15, 0.2) is 28.7 Å². The van der Waals surface area contributed by atoms with Crippen LogP contribution in [0.3, 0.4) is 0 Å². The highest BCUT2D eigenvalue weighted by molar-refractivity contribution is 9.10. The summed E-state index contributed by atoms with van der Waals surface area (Å²) in [7, 11) is 0. The van der Waals surface area contributed by atoms with E-state index < -0.39 is 12.1 Å². The Morgan fingerprint density at radius 3 is 2.56 bits per heavy atom. The maximum atomic E-state index is 12.9. The van der Waals surface area contributed by atoms with Gasteiger partial charge in [-0.3, -0.25) is 4.57 Å². The molecule has 3 nitrogen and oxygen atoms in total. The van der Waals surface area contributed by atoms with E-state index in [0.717, 1.165) is 27.4 Å². The van der Waals surface area contributed by atoms with Crippen molar-refractivity contribution in [2.75, 3.05) is 0 Å². The summed E-state index contributed by atoms with van der Waals surface area (Å²) in [5.41, 5.74) is 2.04. The number of halogens is 4. The van der Waals surface area contributed by atoms with Crippen LogP contribution in [0.2, 0.25) is 0 Å². The lowest BCUT2D eigenvalue weighted by atomic mass is 9.81. The molecule has 4 rings (SSSR count). The van der Waals surface area contributed by atoms with E-state index in [1.165, 1.54) is 0 Å². The number of alkyl halides is 3. The Hall–Kier alpha value is -1.63. The highest BCUT2D eigenvalue weighted by Crippen LogP contribution is 2.43. The molecule has 132 valence electrons.